The molecule has 2 N–H and O–H groups in total. The van der Waals surface area contributed by atoms with Crippen LogP contribution in [0.5, 0.6) is 5.75 Å². The lowest BCUT2D eigenvalue weighted by atomic mass is 10.2. The molecule has 0 unspecified atom stereocenters. The second kappa shape index (κ2) is 4.86. The van der Waals surface area contributed by atoms with E-state index >= 15 is 0 Å². The molecule has 0 saturated carbocycles. The average Bonchev–Trinajstić information content (AvgIpc) is 2.77. The lowest BCUT2D eigenvalue weighted by Crippen LogP contribution is -2.07. The highest BCUT2D eigenvalue weighted by atomic mass is 16.5. The van der Waals surface area contributed by atoms with Gasteiger partial charge in [-0.05, 0) is 29.8 Å². The van der Waals surface area contributed by atoms with Crippen molar-refractivity contribution in [1.82, 2.24) is 4.57 Å². The summed E-state index contributed by atoms with van der Waals surface area (Å²) < 4.78 is 7.28. The zero-order valence-electron chi connectivity index (χ0n) is 9.39. The molecule has 3 nitrogen and oxygen atoms in total. The van der Waals surface area contributed by atoms with Gasteiger partial charge < -0.3 is 15.0 Å². The predicted octanol–water partition coefficient (Wildman–Crippen LogP) is 2.00. The number of aromatic nitrogens is 1. The molecule has 84 valence electrons. The highest BCUT2D eigenvalue weighted by molar-refractivity contribution is 5.27. The van der Waals surface area contributed by atoms with Crippen LogP contribution in [0, 0.1) is 0 Å². The van der Waals surface area contributed by atoms with E-state index in [9.17, 15) is 0 Å². The summed E-state index contributed by atoms with van der Waals surface area (Å²) in [6, 6.07) is 12.1. The van der Waals surface area contributed by atoms with Crippen molar-refractivity contribution in [1.29, 1.82) is 0 Å². The standard InChI is InChI=1S/C13H16N2O/c1-16-13-6-4-11(5-7-13)10-15-8-2-3-12(15)9-14/h2-8H,9-10,14H2,1H3. The van der Waals surface area contributed by atoms with Gasteiger partial charge in [0.25, 0.3) is 0 Å². The normalized spacial score (nSPS) is 10.4. The number of ether oxygens (including phenoxy) is 1. The van der Waals surface area contributed by atoms with Gasteiger partial charge in [-0.1, -0.05) is 12.1 Å². The molecule has 2 rings (SSSR count). The molecule has 3 heteroatoms. The number of hydrogen-bond acceptors (Lipinski definition) is 2. The molecule has 0 fully saturated rings. The molecule has 0 spiro atoms. The van der Waals surface area contributed by atoms with Crippen molar-refractivity contribution in [3.63, 3.8) is 0 Å². The van der Waals surface area contributed by atoms with Crippen LogP contribution in [0.25, 0.3) is 0 Å². The first-order chi connectivity index (χ1) is 7.83. The SMILES string of the molecule is COc1ccc(Cn2cccc2CN)cc1. The molecule has 1 aromatic carbocycles. The Morgan fingerprint density at radius 3 is 2.56 bits per heavy atom. The molecule has 16 heavy (non-hydrogen) atoms. The zero-order chi connectivity index (χ0) is 11.4. The van der Waals surface area contributed by atoms with E-state index in [4.69, 9.17) is 10.5 Å². The Morgan fingerprint density at radius 2 is 1.94 bits per heavy atom. The van der Waals surface area contributed by atoms with Crippen LogP contribution < -0.4 is 10.5 Å². The number of hydrogen-bond donors (Lipinski definition) is 1. The maximum atomic E-state index is 5.65. The monoisotopic (exact) mass is 216 g/mol. The van der Waals surface area contributed by atoms with E-state index in [0.717, 1.165) is 18.0 Å². The van der Waals surface area contributed by atoms with Gasteiger partial charge in [0.05, 0.1) is 7.11 Å². The summed E-state index contributed by atoms with van der Waals surface area (Å²) in [6.45, 7) is 1.42. The van der Waals surface area contributed by atoms with Crippen molar-refractivity contribution >= 4 is 0 Å². The minimum atomic E-state index is 0.573. The topological polar surface area (TPSA) is 40.2 Å². The van der Waals surface area contributed by atoms with E-state index in [1.807, 2.05) is 30.5 Å². The molecule has 0 aliphatic heterocycles. The number of nitrogens with zero attached hydrogens (tertiary/aromatic N) is 1. The van der Waals surface area contributed by atoms with Crippen LogP contribution in [-0.2, 0) is 13.1 Å². The third-order valence-electron chi connectivity index (χ3n) is 2.64. The number of methoxy groups -OCH3 is 1. The van der Waals surface area contributed by atoms with Gasteiger partial charge in [-0.3, -0.25) is 0 Å². The van der Waals surface area contributed by atoms with Gasteiger partial charge in [0.2, 0.25) is 0 Å². The van der Waals surface area contributed by atoms with Gasteiger partial charge in [-0.25, -0.2) is 0 Å². The van der Waals surface area contributed by atoms with E-state index in [1.54, 1.807) is 7.11 Å². The maximum absolute atomic E-state index is 5.65. The quantitative estimate of drug-likeness (QED) is 0.849. The van der Waals surface area contributed by atoms with Gasteiger partial charge in [-0.15, -0.1) is 0 Å². The summed E-state index contributed by atoms with van der Waals surface area (Å²) >= 11 is 0. The Hall–Kier alpha value is -1.74. The number of rotatable bonds is 4. The van der Waals surface area contributed by atoms with Crippen molar-refractivity contribution in [2.45, 2.75) is 13.1 Å². The van der Waals surface area contributed by atoms with Crippen LogP contribution in [0.2, 0.25) is 0 Å². The average molecular weight is 216 g/mol. The summed E-state index contributed by atoms with van der Waals surface area (Å²) in [4.78, 5) is 0. The molecule has 0 bridgehead atoms. The van der Waals surface area contributed by atoms with Crippen molar-refractivity contribution in [2.75, 3.05) is 7.11 Å². The molecule has 1 aromatic heterocycles. The van der Waals surface area contributed by atoms with E-state index in [0.29, 0.717) is 6.54 Å². The van der Waals surface area contributed by atoms with Crippen molar-refractivity contribution in [3.05, 3.63) is 53.9 Å². The van der Waals surface area contributed by atoms with E-state index in [2.05, 4.69) is 16.7 Å². The highest BCUT2D eigenvalue weighted by Crippen LogP contribution is 2.13. The Kier molecular flexibility index (Phi) is 3.27. The molecule has 0 radical (unpaired) electrons. The van der Waals surface area contributed by atoms with Crippen LogP contribution >= 0.6 is 0 Å². The third-order valence-corrected chi connectivity index (χ3v) is 2.64. The highest BCUT2D eigenvalue weighted by Gasteiger charge is 2.00. The van der Waals surface area contributed by atoms with Crippen LogP contribution in [0.15, 0.2) is 42.6 Å². The van der Waals surface area contributed by atoms with Crippen molar-refractivity contribution < 1.29 is 4.74 Å². The van der Waals surface area contributed by atoms with E-state index < -0.39 is 0 Å². The fraction of sp³-hybridized carbons (Fsp3) is 0.231. The Balaban J connectivity index is 2.14. The Labute approximate surface area is 95.5 Å². The maximum Gasteiger partial charge on any atom is 0.118 e. The summed E-state index contributed by atoms with van der Waals surface area (Å²) in [5.41, 5.74) is 8.04. The second-order valence-electron chi connectivity index (χ2n) is 3.68. The van der Waals surface area contributed by atoms with Crippen molar-refractivity contribution in [2.24, 2.45) is 5.73 Å². The minimum absolute atomic E-state index is 0.573. The fourth-order valence-electron chi connectivity index (χ4n) is 1.72. The Morgan fingerprint density at radius 1 is 1.19 bits per heavy atom. The third kappa shape index (κ3) is 2.25. The molecule has 0 amide bonds. The Bertz CT molecular complexity index is 445. The smallest absolute Gasteiger partial charge is 0.118 e. The lowest BCUT2D eigenvalue weighted by molar-refractivity contribution is 0.414. The van der Waals surface area contributed by atoms with Gasteiger partial charge in [-0.2, -0.15) is 0 Å². The molecule has 0 saturated heterocycles. The zero-order valence-corrected chi connectivity index (χ0v) is 9.39. The van der Waals surface area contributed by atoms with Gasteiger partial charge in [0, 0.05) is 25.0 Å². The molecule has 1 heterocycles. The largest absolute Gasteiger partial charge is 0.497 e. The lowest BCUT2D eigenvalue weighted by Gasteiger charge is -2.08. The van der Waals surface area contributed by atoms with Crippen LogP contribution in [-0.4, -0.2) is 11.7 Å². The predicted molar refractivity (Wildman–Crippen MR) is 64.4 cm³/mol. The first kappa shape index (κ1) is 10.8. The van der Waals surface area contributed by atoms with E-state index in [1.165, 1.54) is 5.56 Å². The van der Waals surface area contributed by atoms with Gasteiger partial charge in [0.15, 0.2) is 0 Å². The molecule has 0 aliphatic rings. The van der Waals surface area contributed by atoms with Gasteiger partial charge >= 0.3 is 0 Å². The molecular weight excluding hydrogens is 200 g/mol. The minimum Gasteiger partial charge on any atom is -0.497 e. The summed E-state index contributed by atoms with van der Waals surface area (Å²) in [6.07, 6.45) is 2.05. The summed E-state index contributed by atoms with van der Waals surface area (Å²) in [5, 5.41) is 0. The van der Waals surface area contributed by atoms with Gasteiger partial charge in [0.1, 0.15) is 5.75 Å². The first-order valence-electron chi connectivity index (χ1n) is 5.30. The number of benzene rings is 1. The molecule has 0 aliphatic carbocycles. The van der Waals surface area contributed by atoms with E-state index in [-0.39, 0.29) is 0 Å². The molecular formula is C13H16N2O. The fourth-order valence-corrected chi connectivity index (χ4v) is 1.72. The van der Waals surface area contributed by atoms with Crippen LogP contribution in [0.3, 0.4) is 0 Å². The van der Waals surface area contributed by atoms with Crippen molar-refractivity contribution in [3.8, 4) is 5.75 Å². The van der Waals surface area contributed by atoms with Crippen LogP contribution in [0.4, 0.5) is 0 Å². The molecule has 0 atom stereocenters. The second-order valence-corrected chi connectivity index (χ2v) is 3.68. The number of nitrogens with two attached hydrogens (primary N) is 1. The summed E-state index contributed by atoms with van der Waals surface area (Å²) in [7, 11) is 1.67. The summed E-state index contributed by atoms with van der Waals surface area (Å²) in [5.74, 6) is 0.885. The first-order valence-corrected chi connectivity index (χ1v) is 5.30. The van der Waals surface area contributed by atoms with Crippen LogP contribution in [0.1, 0.15) is 11.3 Å². The molecule has 2 aromatic rings.